The molecule has 3 rings (SSSR count). The Labute approximate surface area is 134 Å². The number of anilines is 2. The van der Waals surface area contributed by atoms with Gasteiger partial charge in [-0.3, -0.25) is 9.52 Å². The molecule has 0 aliphatic carbocycles. The van der Waals surface area contributed by atoms with Gasteiger partial charge in [0.05, 0.1) is 16.3 Å². The minimum Gasteiger partial charge on any atom is -0.482 e. The molecule has 0 radical (unpaired) electrons. The molecule has 1 heterocycles. The van der Waals surface area contributed by atoms with E-state index in [1.54, 1.807) is 56.4 Å². The number of amides is 1. The smallest absolute Gasteiger partial charge is 0.264 e. The average Bonchev–Trinajstić information content (AvgIpc) is 2.51. The molecule has 0 spiro atoms. The predicted molar refractivity (Wildman–Crippen MR) is 87.3 cm³/mol. The number of aryl methyl sites for hydroxylation is 1. The quantitative estimate of drug-likeness (QED) is 0.934. The Morgan fingerprint density at radius 3 is 2.65 bits per heavy atom. The van der Waals surface area contributed by atoms with Crippen LogP contribution in [0, 0.1) is 6.92 Å². The molecule has 0 atom stereocenters. The summed E-state index contributed by atoms with van der Waals surface area (Å²) in [4.78, 5) is 13.4. The fourth-order valence-corrected chi connectivity index (χ4v) is 3.70. The molecule has 7 heteroatoms. The Bertz CT molecular complexity index is 877. The van der Waals surface area contributed by atoms with E-state index < -0.39 is 10.0 Å². The second-order valence-corrected chi connectivity index (χ2v) is 6.95. The molecule has 0 saturated heterocycles. The van der Waals surface area contributed by atoms with Crippen LogP contribution < -0.4 is 14.4 Å². The van der Waals surface area contributed by atoms with E-state index >= 15 is 0 Å². The van der Waals surface area contributed by atoms with Gasteiger partial charge < -0.3 is 9.64 Å². The highest BCUT2D eigenvalue weighted by atomic mass is 32.2. The second-order valence-electron chi connectivity index (χ2n) is 5.29. The predicted octanol–water partition coefficient (Wildman–Crippen LogP) is 2.15. The number of hydrogen-bond donors (Lipinski definition) is 1. The van der Waals surface area contributed by atoms with Crippen molar-refractivity contribution in [1.29, 1.82) is 0 Å². The molecule has 1 aliphatic rings. The highest BCUT2D eigenvalue weighted by Gasteiger charge is 2.23. The van der Waals surface area contributed by atoms with Crippen molar-refractivity contribution in [3.63, 3.8) is 0 Å². The normalized spacial score (nSPS) is 14.2. The number of nitrogens with zero attached hydrogens (tertiary/aromatic N) is 1. The maximum atomic E-state index is 12.5. The summed E-state index contributed by atoms with van der Waals surface area (Å²) in [7, 11) is -2.07. The summed E-state index contributed by atoms with van der Waals surface area (Å²) in [5.41, 5.74) is 1.57. The van der Waals surface area contributed by atoms with Gasteiger partial charge in [0.1, 0.15) is 5.75 Å². The zero-order chi connectivity index (χ0) is 16.6. The van der Waals surface area contributed by atoms with Crippen LogP contribution in [-0.4, -0.2) is 28.0 Å². The molecule has 0 bridgehead atoms. The van der Waals surface area contributed by atoms with Crippen molar-refractivity contribution in [2.24, 2.45) is 0 Å². The van der Waals surface area contributed by atoms with Gasteiger partial charge >= 0.3 is 0 Å². The lowest BCUT2D eigenvalue weighted by Gasteiger charge is -2.26. The van der Waals surface area contributed by atoms with E-state index in [9.17, 15) is 13.2 Å². The minimum absolute atomic E-state index is 0.0161. The van der Waals surface area contributed by atoms with E-state index in [4.69, 9.17) is 4.74 Å². The van der Waals surface area contributed by atoms with Crippen molar-refractivity contribution in [3.05, 3.63) is 48.0 Å². The van der Waals surface area contributed by atoms with Gasteiger partial charge in [0.25, 0.3) is 15.9 Å². The molecule has 2 aromatic rings. The Hall–Kier alpha value is -2.54. The fourth-order valence-electron chi connectivity index (χ4n) is 2.40. The number of hydrogen-bond acceptors (Lipinski definition) is 4. The Balaban J connectivity index is 1.95. The molecular formula is C16H16N2O4S. The molecule has 6 nitrogen and oxygen atoms in total. The lowest BCUT2D eigenvalue weighted by Crippen LogP contribution is -2.35. The van der Waals surface area contributed by atoms with Gasteiger partial charge in [-0.05, 0) is 36.8 Å². The van der Waals surface area contributed by atoms with Crippen LogP contribution in [0.2, 0.25) is 0 Å². The summed E-state index contributed by atoms with van der Waals surface area (Å²) in [5.74, 6) is 0.363. The zero-order valence-corrected chi connectivity index (χ0v) is 13.6. The van der Waals surface area contributed by atoms with E-state index in [1.165, 1.54) is 4.90 Å². The van der Waals surface area contributed by atoms with Crippen LogP contribution in [0.3, 0.4) is 0 Å². The van der Waals surface area contributed by atoms with Crippen LogP contribution in [0.25, 0.3) is 0 Å². The van der Waals surface area contributed by atoms with Crippen molar-refractivity contribution in [2.45, 2.75) is 11.8 Å². The zero-order valence-electron chi connectivity index (χ0n) is 12.7. The molecular weight excluding hydrogens is 316 g/mol. The third-order valence-corrected chi connectivity index (χ3v) is 5.22. The Morgan fingerprint density at radius 2 is 1.91 bits per heavy atom. The van der Waals surface area contributed by atoms with Crippen LogP contribution in [0.5, 0.6) is 5.75 Å². The molecule has 1 amide bonds. The van der Waals surface area contributed by atoms with Crippen LogP contribution in [0.1, 0.15) is 5.56 Å². The van der Waals surface area contributed by atoms with Gasteiger partial charge in [-0.25, -0.2) is 8.42 Å². The first-order valence-corrected chi connectivity index (χ1v) is 8.49. The summed E-state index contributed by atoms with van der Waals surface area (Å²) in [5, 5.41) is 0. The van der Waals surface area contributed by atoms with E-state index in [0.717, 1.165) is 0 Å². The van der Waals surface area contributed by atoms with Crippen LogP contribution in [0.15, 0.2) is 47.4 Å². The first-order valence-electron chi connectivity index (χ1n) is 7.00. The number of rotatable bonds is 3. The third kappa shape index (κ3) is 2.87. The molecule has 2 aromatic carbocycles. The number of sulfonamides is 1. The molecule has 0 saturated carbocycles. The summed E-state index contributed by atoms with van der Waals surface area (Å²) >= 11 is 0. The summed E-state index contributed by atoms with van der Waals surface area (Å²) in [6.45, 7) is 1.72. The summed E-state index contributed by atoms with van der Waals surface area (Å²) < 4.78 is 32.9. The molecule has 1 N–H and O–H groups in total. The minimum atomic E-state index is -3.70. The van der Waals surface area contributed by atoms with Gasteiger partial charge in [0.15, 0.2) is 6.61 Å². The van der Waals surface area contributed by atoms with Crippen molar-refractivity contribution < 1.29 is 17.9 Å². The number of carbonyl (C=O) groups excluding carboxylic acids is 1. The molecule has 1 aliphatic heterocycles. The van der Waals surface area contributed by atoms with Crippen LogP contribution in [0.4, 0.5) is 11.4 Å². The molecule has 0 fully saturated rings. The molecule has 0 unspecified atom stereocenters. The van der Waals surface area contributed by atoms with Gasteiger partial charge in [-0.15, -0.1) is 0 Å². The number of nitrogens with one attached hydrogen (secondary N) is 1. The lowest BCUT2D eigenvalue weighted by atomic mass is 10.2. The van der Waals surface area contributed by atoms with E-state index in [1.807, 2.05) is 0 Å². The number of fused-ring (bicyclic) bond motifs is 1. The SMILES string of the molecule is Cc1ccccc1S(=O)(=O)Nc1ccc2c(c1)N(C)C(=O)CO2. The van der Waals surface area contributed by atoms with Crippen molar-refractivity contribution in [2.75, 3.05) is 23.3 Å². The van der Waals surface area contributed by atoms with E-state index in [0.29, 0.717) is 22.7 Å². The van der Waals surface area contributed by atoms with E-state index in [2.05, 4.69) is 4.72 Å². The Morgan fingerprint density at radius 1 is 1.17 bits per heavy atom. The first kappa shape index (κ1) is 15.4. The average molecular weight is 332 g/mol. The Kier molecular flexibility index (Phi) is 3.73. The van der Waals surface area contributed by atoms with Gasteiger partial charge in [-0.1, -0.05) is 18.2 Å². The van der Waals surface area contributed by atoms with Crippen LogP contribution in [-0.2, 0) is 14.8 Å². The number of likely N-dealkylation sites (N-methyl/N-ethyl adjacent to an activating group) is 1. The van der Waals surface area contributed by atoms with Gasteiger partial charge in [-0.2, -0.15) is 0 Å². The number of ether oxygens (including phenoxy) is 1. The van der Waals surface area contributed by atoms with Gasteiger partial charge in [0.2, 0.25) is 0 Å². The lowest BCUT2D eigenvalue weighted by molar-refractivity contribution is -0.120. The summed E-state index contributed by atoms with van der Waals surface area (Å²) in [6.07, 6.45) is 0. The standard InChI is InChI=1S/C16H16N2O4S/c1-11-5-3-4-6-15(11)23(20,21)17-12-7-8-14-13(9-12)18(2)16(19)10-22-14/h3-9,17H,10H2,1-2H3. The molecule has 23 heavy (non-hydrogen) atoms. The molecule has 0 aromatic heterocycles. The molecule has 120 valence electrons. The number of benzene rings is 2. The second kappa shape index (κ2) is 5.58. The van der Waals surface area contributed by atoms with E-state index in [-0.39, 0.29) is 17.4 Å². The van der Waals surface area contributed by atoms with Crippen LogP contribution >= 0.6 is 0 Å². The topological polar surface area (TPSA) is 75.7 Å². The highest BCUT2D eigenvalue weighted by Crippen LogP contribution is 2.34. The van der Waals surface area contributed by atoms with Crippen molar-refractivity contribution in [1.82, 2.24) is 0 Å². The maximum Gasteiger partial charge on any atom is 0.264 e. The first-order chi connectivity index (χ1) is 10.9. The number of carbonyl (C=O) groups is 1. The fraction of sp³-hybridized carbons (Fsp3) is 0.188. The van der Waals surface area contributed by atoms with Crippen molar-refractivity contribution >= 4 is 27.3 Å². The monoisotopic (exact) mass is 332 g/mol. The highest BCUT2D eigenvalue weighted by molar-refractivity contribution is 7.92. The van der Waals surface area contributed by atoms with Gasteiger partial charge in [0, 0.05) is 7.05 Å². The van der Waals surface area contributed by atoms with Crippen molar-refractivity contribution in [3.8, 4) is 5.75 Å². The largest absolute Gasteiger partial charge is 0.482 e. The maximum absolute atomic E-state index is 12.5. The summed E-state index contributed by atoms with van der Waals surface area (Å²) in [6, 6.07) is 11.6. The third-order valence-electron chi connectivity index (χ3n) is 3.68.